The lowest BCUT2D eigenvalue weighted by Gasteiger charge is -2.22. The summed E-state index contributed by atoms with van der Waals surface area (Å²) in [4.78, 5) is 38.1. The van der Waals surface area contributed by atoms with Crippen LogP contribution in [-0.2, 0) is 14.3 Å². The number of carbonyl (C=O) groups excluding carboxylic acids is 3. The highest BCUT2D eigenvalue weighted by molar-refractivity contribution is 7.12. The van der Waals surface area contributed by atoms with Gasteiger partial charge in [0.1, 0.15) is 6.54 Å². The summed E-state index contributed by atoms with van der Waals surface area (Å²) in [5.74, 6) is -1.51. The van der Waals surface area contributed by atoms with Gasteiger partial charge in [0.25, 0.3) is 11.8 Å². The summed E-state index contributed by atoms with van der Waals surface area (Å²) in [7, 11) is 0. The van der Waals surface area contributed by atoms with Crippen LogP contribution < -0.4 is 10.2 Å². The van der Waals surface area contributed by atoms with E-state index >= 15 is 0 Å². The minimum absolute atomic E-state index is 0.156. The number of thiophene rings is 1. The maximum atomic E-state index is 12.6. The van der Waals surface area contributed by atoms with E-state index in [4.69, 9.17) is 10.00 Å². The SMILES string of the molecule is Cc1cc(C)cc(N(CCC#N)C(=O)COC(=O)CNC(=O)c2cccs2)c1. The molecule has 8 heteroatoms. The average molecular weight is 399 g/mol. The third-order valence-corrected chi connectivity index (χ3v) is 4.63. The molecule has 2 rings (SSSR count). The Balaban J connectivity index is 1.92. The lowest BCUT2D eigenvalue weighted by atomic mass is 10.1. The number of rotatable bonds is 8. The number of nitriles is 1. The van der Waals surface area contributed by atoms with Gasteiger partial charge in [-0.2, -0.15) is 5.26 Å². The van der Waals surface area contributed by atoms with Gasteiger partial charge in [0.2, 0.25) is 0 Å². The zero-order valence-electron chi connectivity index (χ0n) is 15.7. The molecule has 0 fully saturated rings. The molecule has 146 valence electrons. The Morgan fingerprint density at radius 3 is 2.54 bits per heavy atom. The van der Waals surface area contributed by atoms with E-state index in [9.17, 15) is 14.4 Å². The van der Waals surface area contributed by atoms with Crippen molar-refractivity contribution in [3.63, 3.8) is 0 Å². The molecule has 0 saturated heterocycles. The molecule has 0 spiro atoms. The van der Waals surface area contributed by atoms with Crippen LogP contribution in [0, 0.1) is 25.2 Å². The highest BCUT2D eigenvalue weighted by atomic mass is 32.1. The van der Waals surface area contributed by atoms with Crippen molar-refractivity contribution < 1.29 is 19.1 Å². The highest BCUT2D eigenvalue weighted by Crippen LogP contribution is 2.19. The second-order valence-corrected chi connectivity index (χ2v) is 7.07. The van der Waals surface area contributed by atoms with Gasteiger partial charge >= 0.3 is 5.97 Å². The third kappa shape index (κ3) is 6.21. The van der Waals surface area contributed by atoms with Crippen molar-refractivity contribution in [3.8, 4) is 6.07 Å². The summed E-state index contributed by atoms with van der Waals surface area (Å²) in [5.41, 5.74) is 2.62. The Labute approximate surface area is 167 Å². The molecule has 0 bridgehead atoms. The number of nitrogens with zero attached hydrogens (tertiary/aromatic N) is 2. The van der Waals surface area contributed by atoms with Crippen LogP contribution in [0.3, 0.4) is 0 Å². The largest absolute Gasteiger partial charge is 0.454 e. The molecule has 28 heavy (non-hydrogen) atoms. The molecule has 1 N–H and O–H groups in total. The Morgan fingerprint density at radius 2 is 1.93 bits per heavy atom. The molecule has 1 aromatic heterocycles. The summed E-state index contributed by atoms with van der Waals surface area (Å²) in [6, 6.07) is 11.1. The van der Waals surface area contributed by atoms with Crippen molar-refractivity contribution in [1.82, 2.24) is 5.32 Å². The van der Waals surface area contributed by atoms with Crippen molar-refractivity contribution in [1.29, 1.82) is 5.26 Å². The number of ether oxygens (including phenoxy) is 1. The molecule has 0 aliphatic carbocycles. The Bertz CT molecular complexity index is 867. The second kappa shape index (κ2) is 10.2. The molecular weight excluding hydrogens is 378 g/mol. The van der Waals surface area contributed by atoms with E-state index in [0.717, 1.165) is 11.1 Å². The fraction of sp³-hybridized carbons (Fsp3) is 0.300. The third-order valence-electron chi connectivity index (χ3n) is 3.76. The van der Waals surface area contributed by atoms with E-state index in [0.29, 0.717) is 10.6 Å². The summed E-state index contributed by atoms with van der Waals surface area (Å²) < 4.78 is 4.99. The van der Waals surface area contributed by atoms with Crippen molar-refractivity contribution in [3.05, 3.63) is 51.7 Å². The quantitative estimate of drug-likeness (QED) is 0.688. The van der Waals surface area contributed by atoms with Gasteiger partial charge < -0.3 is 15.0 Å². The number of hydrogen-bond acceptors (Lipinski definition) is 6. The van der Waals surface area contributed by atoms with Crippen LogP contribution in [0.25, 0.3) is 0 Å². The van der Waals surface area contributed by atoms with Crippen LogP contribution in [0.1, 0.15) is 27.2 Å². The fourth-order valence-electron chi connectivity index (χ4n) is 2.58. The van der Waals surface area contributed by atoms with Gasteiger partial charge in [0.15, 0.2) is 6.61 Å². The van der Waals surface area contributed by atoms with E-state index in [1.165, 1.54) is 16.2 Å². The van der Waals surface area contributed by atoms with Gasteiger partial charge in [-0.1, -0.05) is 12.1 Å². The van der Waals surface area contributed by atoms with Gasteiger partial charge in [-0.25, -0.2) is 0 Å². The topological polar surface area (TPSA) is 99.5 Å². The molecule has 7 nitrogen and oxygen atoms in total. The summed E-state index contributed by atoms with van der Waals surface area (Å²) in [6.07, 6.45) is 0.156. The minimum atomic E-state index is -0.709. The lowest BCUT2D eigenvalue weighted by Crippen LogP contribution is -2.37. The molecule has 1 heterocycles. The van der Waals surface area contributed by atoms with E-state index in [1.54, 1.807) is 17.5 Å². The molecule has 0 saturated carbocycles. The number of anilines is 1. The number of carbonyl (C=O) groups is 3. The molecular formula is C20H21N3O4S. The Morgan fingerprint density at radius 1 is 1.21 bits per heavy atom. The predicted octanol–water partition coefficient (Wildman–Crippen LogP) is 2.58. The lowest BCUT2D eigenvalue weighted by molar-refractivity contribution is -0.146. The summed E-state index contributed by atoms with van der Waals surface area (Å²) >= 11 is 1.26. The molecule has 1 aromatic carbocycles. The predicted molar refractivity (Wildman–Crippen MR) is 106 cm³/mol. The second-order valence-electron chi connectivity index (χ2n) is 6.12. The van der Waals surface area contributed by atoms with Crippen molar-refractivity contribution in [2.75, 3.05) is 24.6 Å². The highest BCUT2D eigenvalue weighted by Gasteiger charge is 2.18. The monoisotopic (exact) mass is 399 g/mol. The van der Waals surface area contributed by atoms with Gasteiger partial charge in [0.05, 0.1) is 17.4 Å². The van der Waals surface area contributed by atoms with Gasteiger partial charge in [0, 0.05) is 12.2 Å². The maximum absolute atomic E-state index is 12.6. The van der Waals surface area contributed by atoms with Crippen molar-refractivity contribution >= 4 is 34.8 Å². The first-order chi connectivity index (χ1) is 13.4. The number of amides is 2. The average Bonchev–Trinajstić information content (AvgIpc) is 3.19. The van der Waals surface area contributed by atoms with Crippen LogP contribution >= 0.6 is 11.3 Å². The van der Waals surface area contributed by atoms with Gasteiger partial charge in [-0.15, -0.1) is 11.3 Å². The van der Waals surface area contributed by atoms with Crippen molar-refractivity contribution in [2.24, 2.45) is 0 Å². The van der Waals surface area contributed by atoms with Crippen LogP contribution in [0.5, 0.6) is 0 Å². The number of hydrogen-bond donors (Lipinski definition) is 1. The minimum Gasteiger partial charge on any atom is -0.454 e. The van der Waals surface area contributed by atoms with Crippen LogP contribution in [0.2, 0.25) is 0 Å². The molecule has 0 radical (unpaired) electrons. The molecule has 2 amide bonds. The first-order valence-electron chi connectivity index (χ1n) is 8.63. The first kappa shape index (κ1) is 21.1. The Hall–Kier alpha value is -3.18. The maximum Gasteiger partial charge on any atom is 0.325 e. The number of benzene rings is 1. The zero-order valence-corrected chi connectivity index (χ0v) is 16.5. The van der Waals surface area contributed by atoms with Crippen LogP contribution in [0.15, 0.2) is 35.7 Å². The first-order valence-corrected chi connectivity index (χ1v) is 9.51. The number of esters is 1. The standard InChI is InChI=1S/C20H21N3O4S/c1-14-9-15(2)11-16(10-14)23(7-4-6-21)18(24)13-27-19(25)12-22-20(26)17-5-3-8-28-17/h3,5,8-11H,4,7,12-13H2,1-2H3,(H,22,26). The number of nitrogens with one attached hydrogen (secondary N) is 1. The smallest absolute Gasteiger partial charge is 0.325 e. The van der Waals surface area contributed by atoms with Crippen LogP contribution in [0.4, 0.5) is 5.69 Å². The van der Waals surface area contributed by atoms with Gasteiger partial charge in [-0.05, 0) is 48.6 Å². The normalized spacial score (nSPS) is 10.0. The molecule has 0 atom stereocenters. The zero-order chi connectivity index (χ0) is 20.5. The van der Waals surface area contributed by atoms with Crippen molar-refractivity contribution in [2.45, 2.75) is 20.3 Å². The Kier molecular flexibility index (Phi) is 7.72. The molecule has 0 aliphatic rings. The summed E-state index contributed by atoms with van der Waals surface area (Å²) in [5, 5.41) is 13.1. The van der Waals surface area contributed by atoms with Crippen LogP contribution in [-0.4, -0.2) is 37.5 Å². The van der Waals surface area contributed by atoms with E-state index in [2.05, 4.69) is 5.32 Å². The summed E-state index contributed by atoms with van der Waals surface area (Å²) in [6.45, 7) is 3.24. The van der Waals surface area contributed by atoms with E-state index in [1.807, 2.05) is 38.1 Å². The number of aryl methyl sites for hydroxylation is 2. The van der Waals surface area contributed by atoms with E-state index in [-0.39, 0.29) is 25.4 Å². The molecule has 2 aromatic rings. The van der Waals surface area contributed by atoms with Gasteiger partial charge in [-0.3, -0.25) is 14.4 Å². The van der Waals surface area contributed by atoms with E-state index < -0.39 is 18.5 Å². The molecule has 0 unspecified atom stereocenters. The molecule has 0 aliphatic heterocycles. The fourth-order valence-corrected chi connectivity index (χ4v) is 3.22.